The third-order valence-corrected chi connectivity index (χ3v) is 6.07. The minimum absolute atomic E-state index is 0.0729. The normalized spacial score (nSPS) is 18.0. The lowest BCUT2D eigenvalue weighted by Crippen LogP contribution is -2.45. The molecule has 2 aliphatic rings. The highest BCUT2D eigenvalue weighted by Gasteiger charge is 2.38. The molecular weight excluding hydrogens is 495 g/mol. The van der Waals surface area contributed by atoms with Crippen molar-refractivity contribution in [3.63, 3.8) is 0 Å². The minimum Gasteiger partial charge on any atom is -0.475 e. The molecule has 0 radical (unpaired) electrons. The summed E-state index contributed by atoms with van der Waals surface area (Å²) in [5.74, 6) is -3.06. The second kappa shape index (κ2) is 12.5. The van der Waals surface area contributed by atoms with Gasteiger partial charge in [-0.1, -0.05) is 30.3 Å². The Bertz CT molecular complexity index is 1150. The van der Waals surface area contributed by atoms with Gasteiger partial charge in [0.15, 0.2) is 5.78 Å². The Morgan fingerprint density at radius 3 is 2.32 bits per heavy atom. The molecule has 1 atom stereocenters. The van der Waals surface area contributed by atoms with Crippen molar-refractivity contribution < 1.29 is 32.7 Å². The predicted octanol–water partition coefficient (Wildman–Crippen LogP) is 1.41. The molecule has 3 heterocycles. The number of benzene rings is 1. The third kappa shape index (κ3) is 7.87. The van der Waals surface area contributed by atoms with Gasteiger partial charge in [0.1, 0.15) is 6.54 Å². The first-order valence-corrected chi connectivity index (χ1v) is 11.8. The second-order valence-corrected chi connectivity index (χ2v) is 8.66. The molecule has 1 aromatic carbocycles. The molecule has 1 unspecified atom stereocenters. The summed E-state index contributed by atoms with van der Waals surface area (Å²) in [4.78, 5) is 50.7. The fourth-order valence-corrected chi connectivity index (χ4v) is 4.12. The van der Waals surface area contributed by atoms with Crippen LogP contribution in [0, 0.1) is 5.92 Å². The maximum atomic E-state index is 12.8. The number of alkyl halides is 3. The van der Waals surface area contributed by atoms with E-state index in [9.17, 15) is 27.6 Å². The highest BCUT2D eigenvalue weighted by Crippen LogP contribution is 2.21. The molecule has 13 heteroatoms. The van der Waals surface area contributed by atoms with E-state index in [1.54, 1.807) is 17.2 Å². The topological polar surface area (TPSA) is 125 Å². The molecule has 0 spiro atoms. The third-order valence-electron chi connectivity index (χ3n) is 6.07. The Balaban J connectivity index is 0.000000479. The van der Waals surface area contributed by atoms with Gasteiger partial charge in [0.05, 0.1) is 11.9 Å². The predicted molar refractivity (Wildman–Crippen MR) is 127 cm³/mol. The van der Waals surface area contributed by atoms with Gasteiger partial charge in [-0.05, 0) is 12.8 Å². The molecule has 200 valence electrons. The first-order chi connectivity index (χ1) is 17.6. The maximum absolute atomic E-state index is 12.8. The first-order valence-electron chi connectivity index (χ1n) is 11.8. The number of carboxylic acid groups (broad SMARTS) is 1. The average Bonchev–Trinajstić information content (AvgIpc) is 2.90. The Kier molecular flexibility index (Phi) is 9.39. The van der Waals surface area contributed by atoms with Crippen LogP contribution in [0.3, 0.4) is 0 Å². The number of Topliss-reactive ketones (excluding diaryl/α,β-unsaturated/α-hetero) is 1. The number of halogens is 3. The number of likely N-dealkylation sites (tertiary alicyclic amines) is 1. The van der Waals surface area contributed by atoms with Gasteiger partial charge in [0.25, 0.3) is 5.56 Å². The number of hydrogen-bond acceptors (Lipinski definition) is 7. The summed E-state index contributed by atoms with van der Waals surface area (Å²) in [5.41, 5.74) is 1.18. The summed E-state index contributed by atoms with van der Waals surface area (Å²) in [7, 11) is 0. The standard InChI is InChI=1S/C22H27N5O3.C2HF3O2/c28-20-13-19(25-11-8-23-9-12-25)14-24-27(20)16-21(29)26-10-4-7-18(15-26)22(30)17-5-2-1-3-6-17;3-2(4,5)1(6)7/h1-3,5-6,13-14,18,23H,4,7-12,15-16H2;(H,6,7). The Labute approximate surface area is 210 Å². The van der Waals surface area contributed by atoms with E-state index in [1.807, 2.05) is 30.3 Å². The number of ketones is 1. The summed E-state index contributed by atoms with van der Waals surface area (Å²) < 4.78 is 32.9. The zero-order valence-electron chi connectivity index (χ0n) is 20.0. The second-order valence-electron chi connectivity index (χ2n) is 8.66. The molecule has 10 nitrogen and oxygen atoms in total. The molecule has 1 amide bonds. The number of rotatable bonds is 5. The molecule has 0 bridgehead atoms. The van der Waals surface area contributed by atoms with Crippen molar-refractivity contribution in [2.24, 2.45) is 5.92 Å². The number of piperazine rings is 1. The van der Waals surface area contributed by atoms with Crippen LogP contribution >= 0.6 is 0 Å². The number of carbonyl (C=O) groups is 3. The van der Waals surface area contributed by atoms with Crippen LogP contribution in [0.4, 0.5) is 18.9 Å². The summed E-state index contributed by atoms with van der Waals surface area (Å²) in [6.07, 6.45) is -1.88. The van der Waals surface area contributed by atoms with Gasteiger partial charge in [-0.15, -0.1) is 0 Å². The van der Waals surface area contributed by atoms with Crippen LogP contribution in [0.5, 0.6) is 0 Å². The van der Waals surface area contributed by atoms with Gasteiger partial charge in [-0.25, -0.2) is 9.48 Å². The lowest BCUT2D eigenvalue weighted by Gasteiger charge is -2.32. The van der Waals surface area contributed by atoms with E-state index in [-0.39, 0.29) is 29.7 Å². The fraction of sp³-hybridized carbons (Fsp3) is 0.458. The van der Waals surface area contributed by atoms with Crippen molar-refractivity contribution in [1.29, 1.82) is 0 Å². The van der Waals surface area contributed by atoms with Gasteiger partial charge in [-0.3, -0.25) is 14.4 Å². The van der Waals surface area contributed by atoms with Crippen molar-refractivity contribution in [2.75, 3.05) is 44.2 Å². The molecule has 2 saturated heterocycles. The van der Waals surface area contributed by atoms with E-state index in [2.05, 4.69) is 15.3 Å². The zero-order valence-corrected chi connectivity index (χ0v) is 20.0. The first kappa shape index (κ1) is 27.8. The molecular formula is C24H28F3N5O5. The molecule has 4 rings (SSSR count). The van der Waals surface area contributed by atoms with Crippen molar-refractivity contribution in [3.05, 3.63) is 58.5 Å². The van der Waals surface area contributed by atoms with Crippen LogP contribution in [-0.2, 0) is 16.1 Å². The largest absolute Gasteiger partial charge is 0.490 e. The van der Waals surface area contributed by atoms with Crippen molar-refractivity contribution in [2.45, 2.75) is 25.6 Å². The van der Waals surface area contributed by atoms with Crippen LogP contribution in [0.15, 0.2) is 47.4 Å². The van der Waals surface area contributed by atoms with E-state index >= 15 is 0 Å². The van der Waals surface area contributed by atoms with Gasteiger partial charge in [0.2, 0.25) is 5.91 Å². The molecule has 2 fully saturated rings. The lowest BCUT2D eigenvalue weighted by atomic mass is 9.90. The quantitative estimate of drug-likeness (QED) is 0.564. The molecule has 2 aromatic rings. The molecule has 2 aliphatic heterocycles. The van der Waals surface area contributed by atoms with Crippen molar-refractivity contribution >= 4 is 23.3 Å². The Morgan fingerprint density at radius 1 is 1.08 bits per heavy atom. The molecule has 0 aliphatic carbocycles. The Hall–Kier alpha value is -3.74. The van der Waals surface area contributed by atoms with Gasteiger partial charge < -0.3 is 20.2 Å². The number of piperidine rings is 1. The number of amides is 1. The van der Waals surface area contributed by atoms with Crippen LogP contribution in [0.2, 0.25) is 0 Å². The number of aliphatic carboxylic acids is 1. The van der Waals surface area contributed by atoms with Gasteiger partial charge in [-0.2, -0.15) is 18.3 Å². The number of nitrogens with zero attached hydrogens (tertiary/aromatic N) is 4. The molecule has 0 saturated carbocycles. The van der Waals surface area contributed by atoms with E-state index < -0.39 is 12.1 Å². The van der Waals surface area contributed by atoms with Crippen LogP contribution in [-0.4, -0.2) is 82.9 Å². The van der Waals surface area contributed by atoms with E-state index in [0.717, 1.165) is 44.7 Å². The number of anilines is 1. The van der Waals surface area contributed by atoms with Crippen molar-refractivity contribution in [3.8, 4) is 0 Å². The minimum atomic E-state index is -5.08. The van der Waals surface area contributed by atoms with Gasteiger partial charge in [0, 0.05) is 56.8 Å². The fourth-order valence-electron chi connectivity index (χ4n) is 4.12. The Morgan fingerprint density at radius 2 is 1.73 bits per heavy atom. The van der Waals surface area contributed by atoms with Crippen LogP contribution < -0.4 is 15.8 Å². The number of carboxylic acids is 1. The summed E-state index contributed by atoms with van der Waals surface area (Å²) in [6, 6.07) is 10.7. The number of hydrogen-bond donors (Lipinski definition) is 2. The van der Waals surface area contributed by atoms with E-state index in [4.69, 9.17) is 9.90 Å². The number of nitrogens with one attached hydrogen (secondary N) is 1. The molecule has 37 heavy (non-hydrogen) atoms. The van der Waals surface area contributed by atoms with E-state index in [0.29, 0.717) is 18.7 Å². The lowest BCUT2D eigenvalue weighted by molar-refractivity contribution is -0.192. The van der Waals surface area contributed by atoms with Crippen LogP contribution in [0.25, 0.3) is 0 Å². The van der Waals surface area contributed by atoms with Gasteiger partial charge >= 0.3 is 12.1 Å². The zero-order chi connectivity index (χ0) is 27.0. The smallest absolute Gasteiger partial charge is 0.475 e. The number of carbonyl (C=O) groups excluding carboxylic acids is 2. The molecule has 2 N–H and O–H groups in total. The summed E-state index contributed by atoms with van der Waals surface area (Å²) >= 11 is 0. The van der Waals surface area contributed by atoms with Crippen LogP contribution in [0.1, 0.15) is 23.2 Å². The summed E-state index contributed by atoms with van der Waals surface area (Å²) in [5, 5.41) is 14.6. The highest BCUT2D eigenvalue weighted by atomic mass is 19.4. The molecule has 1 aromatic heterocycles. The van der Waals surface area contributed by atoms with Crippen molar-refractivity contribution in [1.82, 2.24) is 20.0 Å². The summed E-state index contributed by atoms with van der Waals surface area (Å²) in [6.45, 7) is 4.29. The maximum Gasteiger partial charge on any atom is 0.490 e. The monoisotopic (exact) mass is 523 g/mol. The number of aromatic nitrogens is 2. The van der Waals surface area contributed by atoms with E-state index in [1.165, 1.54) is 4.68 Å². The average molecular weight is 524 g/mol. The highest BCUT2D eigenvalue weighted by molar-refractivity contribution is 5.98. The SMILES string of the molecule is O=C(O)C(F)(F)F.O=C(c1ccccc1)C1CCCN(C(=O)Cn2ncc(N3CCNCC3)cc2=O)C1.